The normalized spacial score (nSPS) is 15.4. The van der Waals surface area contributed by atoms with Crippen molar-refractivity contribution >= 4 is 5.91 Å². The van der Waals surface area contributed by atoms with Crippen LogP contribution in [0.2, 0.25) is 0 Å². The maximum Gasteiger partial charge on any atom is 0.252 e. The van der Waals surface area contributed by atoms with Crippen LogP contribution in [0, 0.1) is 0 Å². The third kappa shape index (κ3) is 4.07. The van der Waals surface area contributed by atoms with Crippen LogP contribution in [0.15, 0.2) is 61.1 Å². The monoisotopic (exact) mass is 373 g/mol. The van der Waals surface area contributed by atoms with Crippen LogP contribution in [0.1, 0.15) is 40.4 Å². The van der Waals surface area contributed by atoms with Crippen LogP contribution in [0.3, 0.4) is 0 Å². The van der Waals surface area contributed by atoms with Crippen molar-refractivity contribution in [1.29, 1.82) is 0 Å². The number of rotatable bonds is 5. The highest BCUT2D eigenvalue weighted by molar-refractivity contribution is 5.94. The van der Waals surface area contributed by atoms with Gasteiger partial charge in [-0.05, 0) is 37.6 Å². The van der Waals surface area contributed by atoms with Gasteiger partial charge in [-0.15, -0.1) is 0 Å². The van der Waals surface area contributed by atoms with Crippen LogP contribution in [0.5, 0.6) is 0 Å². The minimum Gasteiger partial charge on any atom is -0.365 e. The van der Waals surface area contributed by atoms with E-state index in [1.807, 2.05) is 42.6 Å². The van der Waals surface area contributed by atoms with E-state index in [9.17, 15) is 4.79 Å². The molecule has 0 unspecified atom stereocenters. The number of nitrogens with two attached hydrogens (primary N) is 1. The molecule has 0 saturated carbocycles. The Labute approximate surface area is 164 Å². The van der Waals surface area contributed by atoms with Gasteiger partial charge in [-0.2, -0.15) is 0 Å². The predicted octanol–water partition coefficient (Wildman–Crippen LogP) is 3.02. The molecule has 1 saturated heterocycles. The van der Waals surface area contributed by atoms with Crippen molar-refractivity contribution in [2.24, 2.45) is 5.73 Å². The van der Waals surface area contributed by atoms with E-state index in [2.05, 4.69) is 20.9 Å². The van der Waals surface area contributed by atoms with E-state index in [1.165, 1.54) is 5.56 Å². The highest BCUT2D eigenvalue weighted by Gasteiger charge is 2.26. The van der Waals surface area contributed by atoms with Crippen LogP contribution < -0.4 is 5.73 Å². The number of hydrogen-bond acceptors (Lipinski definition) is 5. The van der Waals surface area contributed by atoms with Crippen molar-refractivity contribution < 1.29 is 4.79 Å². The molecular formula is C22H23N5O. The van der Waals surface area contributed by atoms with E-state index in [4.69, 9.17) is 10.7 Å². The van der Waals surface area contributed by atoms with E-state index < -0.39 is 5.91 Å². The lowest BCUT2D eigenvalue weighted by molar-refractivity contribution is 0.0997. The summed E-state index contributed by atoms with van der Waals surface area (Å²) in [5, 5.41) is 0. The Balaban J connectivity index is 1.52. The number of pyridine rings is 1. The maximum absolute atomic E-state index is 11.9. The average molecular weight is 373 g/mol. The Morgan fingerprint density at radius 3 is 2.54 bits per heavy atom. The summed E-state index contributed by atoms with van der Waals surface area (Å²) in [7, 11) is 0. The fraction of sp³-hybridized carbons (Fsp3) is 0.273. The molecular weight excluding hydrogens is 350 g/mol. The van der Waals surface area contributed by atoms with E-state index in [0.29, 0.717) is 11.4 Å². The number of hydrogen-bond donors (Lipinski definition) is 1. The van der Waals surface area contributed by atoms with Crippen molar-refractivity contribution in [3.63, 3.8) is 0 Å². The van der Waals surface area contributed by atoms with Gasteiger partial charge in [0.05, 0.1) is 11.3 Å². The fourth-order valence-corrected chi connectivity index (χ4v) is 3.74. The molecule has 142 valence electrons. The molecule has 0 atom stereocenters. The maximum atomic E-state index is 11.9. The zero-order chi connectivity index (χ0) is 19.3. The second-order valence-corrected chi connectivity index (χ2v) is 7.13. The second-order valence-electron chi connectivity index (χ2n) is 7.13. The molecule has 1 aromatic carbocycles. The van der Waals surface area contributed by atoms with Gasteiger partial charge in [0.1, 0.15) is 0 Å². The van der Waals surface area contributed by atoms with Crippen molar-refractivity contribution in [3.05, 3.63) is 77.9 Å². The first-order valence-corrected chi connectivity index (χ1v) is 9.54. The summed E-state index contributed by atoms with van der Waals surface area (Å²) in [6.45, 7) is 2.78. The van der Waals surface area contributed by atoms with Gasteiger partial charge < -0.3 is 5.73 Å². The summed E-state index contributed by atoms with van der Waals surface area (Å²) in [4.78, 5) is 27.7. The number of carbonyl (C=O) groups is 1. The molecule has 1 amide bonds. The van der Waals surface area contributed by atoms with E-state index >= 15 is 0 Å². The molecule has 1 aliphatic rings. The lowest BCUT2D eigenvalue weighted by Gasteiger charge is -2.32. The molecule has 3 aromatic rings. The van der Waals surface area contributed by atoms with Gasteiger partial charge in [-0.3, -0.25) is 14.7 Å². The number of aromatic nitrogens is 3. The molecule has 28 heavy (non-hydrogen) atoms. The van der Waals surface area contributed by atoms with E-state index in [0.717, 1.165) is 43.7 Å². The van der Waals surface area contributed by atoms with Crippen molar-refractivity contribution in [3.8, 4) is 11.4 Å². The number of primary amides is 1. The number of carbonyl (C=O) groups excluding carboxylic acids is 1. The standard InChI is InChI=1S/C22H23N5O/c23-21(28)19-14-25-22(18-6-2-1-3-7-18)26-20(19)17-8-11-27(12-9-17)15-16-5-4-10-24-13-16/h1-7,10,13-14,17H,8-9,11-12,15H2,(H2,23,28). The van der Waals surface area contributed by atoms with Gasteiger partial charge in [0.25, 0.3) is 5.91 Å². The van der Waals surface area contributed by atoms with Crippen LogP contribution in [0.4, 0.5) is 0 Å². The first-order valence-electron chi connectivity index (χ1n) is 9.54. The highest BCUT2D eigenvalue weighted by atomic mass is 16.1. The molecule has 0 radical (unpaired) electrons. The smallest absolute Gasteiger partial charge is 0.252 e. The Morgan fingerprint density at radius 1 is 1.07 bits per heavy atom. The molecule has 0 bridgehead atoms. The highest BCUT2D eigenvalue weighted by Crippen LogP contribution is 2.30. The summed E-state index contributed by atoms with van der Waals surface area (Å²) >= 11 is 0. The van der Waals surface area contributed by atoms with E-state index in [1.54, 1.807) is 12.4 Å². The van der Waals surface area contributed by atoms with E-state index in [-0.39, 0.29) is 5.92 Å². The summed E-state index contributed by atoms with van der Waals surface area (Å²) in [6, 6.07) is 13.9. The molecule has 2 aromatic heterocycles. The third-order valence-corrected chi connectivity index (χ3v) is 5.22. The molecule has 6 heteroatoms. The van der Waals surface area contributed by atoms with Crippen molar-refractivity contribution in [1.82, 2.24) is 19.9 Å². The molecule has 1 aliphatic heterocycles. The van der Waals surface area contributed by atoms with Crippen molar-refractivity contribution in [2.75, 3.05) is 13.1 Å². The summed E-state index contributed by atoms with van der Waals surface area (Å²) in [5.41, 5.74) is 8.97. The van der Waals surface area contributed by atoms with Gasteiger partial charge in [0.15, 0.2) is 5.82 Å². The molecule has 4 rings (SSSR count). The lowest BCUT2D eigenvalue weighted by Crippen LogP contribution is -2.33. The van der Waals surface area contributed by atoms with Crippen LogP contribution in [-0.2, 0) is 6.54 Å². The number of nitrogens with zero attached hydrogens (tertiary/aromatic N) is 4. The SMILES string of the molecule is NC(=O)c1cnc(-c2ccccc2)nc1C1CCN(Cc2cccnc2)CC1. The average Bonchev–Trinajstić information content (AvgIpc) is 2.75. The molecule has 2 N–H and O–H groups in total. The Hall–Kier alpha value is -3.12. The molecule has 6 nitrogen and oxygen atoms in total. The van der Waals surface area contributed by atoms with Crippen LogP contribution in [0.25, 0.3) is 11.4 Å². The topological polar surface area (TPSA) is 85.0 Å². The third-order valence-electron chi connectivity index (χ3n) is 5.22. The first-order chi connectivity index (χ1) is 13.7. The summed E-state index contributed by atoms with van der Waals surface area (Å²) in [5.74, 6) is 0.379. The predicted molar refractivity (Wildman–Crippen MR) is 107 cm³/mol. The summed E-state index contributed by atoms with van der Waals surface area (Å²) < 4.78 is 0. The van der Waals surface area contributed by atoms with Crippen molar-refractivity contribution in [2.45, 2.75) is 25.3 Å². The number of piperidine rings is 1. The van der Waals surface area contributed by atoms with Gasteiger partial charge in [0.2, 0.25) is 0 Å². The van der Waals surface area contributed by atoms with Crippen LogP contribution >= 0.6 is 0 Å². The first kappa shape index (κ1) is 18.3. The molecule has 1 fully saturated rings. The second kappa shape index (κ2) is 8.27. The molecule has 3 heterocycles. The zero-order valence-corrected chi connectivity index (χ0v) is 15.7. The zero-order valence-electron chi connectivity index (χ0n) is 15.7. The van der Waals surface area contributed by atoms with Gasteiger partial charge in [-0.1, -0.05) is 36.4 Å². The minimum absolute atomic E-state index is 0.207. The van der Waals surface area contributed by atoms with Crippen LogP contribution in [-0.4, -0.2) is 38.8 Å². The Bertz CT molecular complexity index is 938. The Morgan fingerprint density at radius 2 is 1.86 bits per heavy atom. The quantitative estimate of drug-likeness (QED) is 0.743. The minimum atomic E-state index is -0.465. The number of likely N-dealkylation sites (tertiary alicyclic amines) is 1. The number of amides is 1. The Kier molecular flexibility index (Phi) is 5.39. The fourth-order valence-electron chi connectivity index (χ4n) is 3.74. The van der Waals surface area contributed by atoms with Gasteiger partial charge in [0, 0.05) is 36.6 Å². The number of benzene rings is 1. The molecule has 0 spiro atoms. The largest absolute Gasteiger partial charge is 0.365 e. The van der Waals surface area contributed by atoms with Gasteiger partial charge in [-0.25, -0.2) is 9.97 Å². The summed E-state index contributed by atoms with van der Waals surface area (Å²) in [6.07, 6.45) is 7.15. The lowest BCUT2D eigenvalue weighted by atomic mass is 9.90. The van der Waals surface area contributed by atoms with Gasteiger partial charge >= 0.3 is 0 Å². The molecule has 0 aliphatic carbocycles.